The van der Waals surface area contributed by atoms with Crippen LogP contribution in [-0.4, -0.2) is 30.9 Å². The summed E-state index contributed by atoms with van der Waals surface area (Å²) in [6.45, 7) is 1.40. The van der Waals surface area contributed by atoms with E-state index in [9.17, 15) is 9.59 Å². The van der Waals surface area contributed by atoms with Crippen LogP contribution in [-0.2, 0) is 16.1 Å². The number of benzene rings is 2. The fourth-order valence-electron chi connectivity index (χ4n) is 3.11. The Morgan fingerprint density at radius 2 is 1.52 bits per heavy atom. The van der Waals surface area contributed by atoms with Crippen LogP contribution < -0.4 is 10.6 Å². The Hall–Kier alpha value is -3.98. The van der Waals surface area contributed by atoms with Crippen LogP contribution in [0.25, 0.3) is 11.4 Å². The summed E-state index contributed by atoms with van der Waals surface area (Å²) in [7, 11) is 0. The molecule has 0 saturated heterocycles. The maximum Gasteiger partial charge on any atom is 0.246 e. The van der Waals surface area contributed by atoms with Crippen molar-refractivity contribution >= 4 is 35.4 Å². The minimum atomic E-state index is -0.264. The van der Waals surface area contributed by atoms with Crippen molar-refractivity contribution in [2.45, 2.75) is 13.5 Å². The standard InChI is InChI=1S/C22H20N6O2S/c1-16(29)23-18-9-11-19(12-10-18)24-20(30)15-27-22(31)28(26-13-5-6-14-26)21(25-27)17-7-3-2-4-8-17/h2-14H,15H2,1H3,(H,23,29)(H,24,30). The number of nitrogens with zero attached hydrogens (tertiary/aromatic N) is 4. The van der Waals surface area contributed by atoms with Crippen molar-refractivity contribution in [3.05, 3.63) is 83.9 Å². The van der Waals surface area contributed by atoms with E-state index in [2.05, 4.69) is 15.7 Å². The lowest BCUT2D eigenvalue weighted by Crippen LogP contribution is -2.20. The lowest BCUT2D eigenvalue weighted by molar-refractivity contribution is -0.117. The van der Waals surface area contributed by atoms with Gasteiger partial charge >= 0.3 is 0 Å². The third-order valence-electron chi connectivity index (χ3n) is 4.45. The van der Waals surface area contributed by atoms with Gasteiger partial charge in [-0.25, -0.2) is 9.36 Å². The highest BCUT2D eigenvalue weighted by Gasteiger charge is 2.16. The highest BCUT2D eigenvalue weighted by atomic mass is 32.1. The van der Waals surface area contributed by atoms with Crippen molar-refractivity contribution in [2.75, 3.05) is 10.6 Å². The SMILES string of the molecule is CC(=O)Nc1ccc(NC(=O)Cn2nc(-c3ccccc3)n(-n3cccc3)c2=S)cc1. The van der Waals surface area contributed by atoms with E-state index in [4.69, 9.17) is 12.2 Å². The minimum Gasteiger partial charge on any atom is -0.326 e. The van der Waals surface area contributed by atoms with Gasteiger partial charge < -0.3 is 10.6 Å². The normalized spacial score (nSPS) is 10.6. The Balaban J connectivity index is 1.58. The molecule has 0 saturated carbocycles. The maximum absolute atomic E-state index is 12.6. The Kier molecular flexibility index (Phi) is 5.76. The summed E-state index contributed by atoms with van der Waals surface area (Å²) < 4.78 is 5.50. The van der Waals surface area contributed by atoms with Gasteiger partial charge in [-0.15, -0.1) is 5.10 Å². The lowest BCUT2D eigenvalue weighted by atomic mass is 10.2. The van der Waals surface area contributed by atoms with Gasteiger partial charge in [-0.1, -0.05) is 30.3 Å². The van der Waals surface area contributed by atoms with E-state index in [1.165, 1.54) is 11.6 Å². The molecular weight excluding hydrogens is 412 g/mol. The molecule has 8 nitrogen and oxygen atoms in total. The van der Waals surface area contributed by atoms with Crippen molar-refractivity contribution < 1.29 is 9.59 Å². The summed E-state index contributed by atoms with van der Waals surface area (Å²) in [5.41, 5.74) is 2.15. The first-order valence-electron chi connectivity index (χ1n) is 9.58. The first-order valence-corrected chi connectivity index (χ1v) is 9.98. The highest BCUT2D eigenvalue weighted by molar-refractivity contribution is 7.71. The summed E-state index contributed by atoms with van der Waals surface area (Å²) in [6, 6.07) is 20.3. The number of aromatic nitrogens is 4. The van der Waals surface area contributed by atoms with E-state index >= 15 is 0 Å². The molecule has 0 atom stereocenters. The zero-order valence-electron chi connectivity index (χ0n) is 16.7. The Morgan fingerprint density at radius 1 is 0.903 bits per heavy atom. The zero-order valence-corrected chi connectivity index (χ0v) is 17.5. The number of carbonyl (C=O) groups is 2. The molecule has 2 aromatic carbocycles. The van der Waals surface area contributed by atoms with Crippen molar-refractivity contribution in [3.63, 3.8) is 0 Å². The van der Waals surface area contributed by atoms with Gasteiger partial charge in [0.2, 0.25) is 16.6 Å². The molecule has 0 unspecified atom stereocenters. The van der Waals surface area contributed by atoms with Crippen molar-refractivity contribution in [1.29, 1.82) is 0 Å². The second-order valence-electron chi connectivity index (χ2n) is 6.81. The van der Waals surface area contributed by atoms with Crippen LogP contribution in [0.15, 0.2) is 79.1 Å². The van der Waals surface area contributed by atoms with Crippen LogP contribution in [0.2, 0.25) is 0 Å². The molecule has 156 valence electrons. The molecule has 2 amide bonds. The fourth-order valence-corrected chi connectivity index (χ4v) is 3.40. The van der Waals surface area contributed by atoms with Crippen LogP contribution in [0.5, 0.6) is 0 Å². The van der Waals surface area contributed by atoms with E-state index in [0.29, 0.717) is 22.0 Å². The number of anilines is 2. The Labute approximate surface area is 183 Å². The van der Waals surface area contributed by atoms with Crippen LogP contribution >= 0.6 is 12.2 Å². The number of nitrogens with one attached hydrogen (secondary N) is 2. The molecular formula is C22H20N6O2S. The van der Waals surface area contributed by atoms with Crippen LogP contribution in [0.3, 0.4) is 0 Å². The minimum absolute atomic E-state index is 0.0413. The average molecular weight is 433 g/mol. The molecule has 0 radical (unpaired) electrons. The average Bonchev–Trinajstić information content (AvgIpc) is 3.38. The molecule has 9 heteroatoms. The van der Waals surface area contributed by atoms with Gasteiger partial charge in [0, 0.05) is 36.3 Å². The summed E-state index contributed by atoms with van der Waals surface area (Å²) in [6.07, 6.45) is 3.73. The van der Waals surface area contributed by atoms with E-state index < -0.39 is 0 Å². The van der Waals surface area contributed by atoms with Gasteiger partial charge in [0.15, 0.2) is 5.82 Å². The smallest absolute Gasteiger partial charge is 0.246 e. The maximum atomic E-state index is 12.6. The molecule has 0 bridgehead atoms. The van der Waals surface area contributed by atoms with E-state index in [1.54, 1.807) is 28.9 Å². The first-order chi connectivity index (χ1) is 15.0. The molecule has 0 fully saturated rings. The molecule has 2 aromatic heterocycles. The predicted octanol–water partition coefficient (Wildman–Crippen LogP) is 3.79. The second kappa shape index (κ2) is 8.80. The molecule has 0 aliphatic heterocycles. The molecule has 31 heavy (non-hydrogen) atoms. The number of carbonyl (C=O) groups excluding carboxylic acids is 2. The zero-order chi connectivity index (χ0) is 21.8. The summed E-state index contributed by atoms with van der Waals surface area (Å²) >= 11 is 5.62. The summed E-state index contributed by atoms with van der Waals surface area (Å²) in [5.74, 6) is 0.216. The third kappa shape index (κ3) is 4.62. The van der Waals surface area contributed by atoms with Crippen molar-refractivity contribution in [2.24, 2.45) is 0 Å². The first kappa shape index (κ1) is 20.3. The fraction of sp³-hybridized carbons (Fsp3) is 0.0909. The largest absolute Gasteiger partial charge is 0.326 e. The number of hydrogen-bond acceptors (Lipinski definition) is 4. The molecule has 0 spiro atoms. The van der Waals surface area contributed by atoms with E-state index in [0.717, 1.165) is 5.56 Å². The summed E-state index contributed by atoms with van der Waals surface area (Å²) in [5, 5.41) is 10.1. The molecule has 2 N–H and O–H groups in total. The topological polar surface area (TPSA) is 85.9 Å². The van der Waals surface area contributed by atoms with Gasteiger partial charge in [-0.2, -0.15) is 0 Å². The van der Waals surface area contributed by atoms with Crippen LogP contribution in [0, 0.1) is 4.77 Å². The quantitative estimate of drug-likeness (QED) is 0.454. The van der Waals surface area contributed by atoms with Crippen LogP contribution in [0.1, 0.15) is 6.92 Å². The predicted molar refractivity (Wildman–Crippen MR) is 121 cm³/mol. The Bertz CT molecular complexity index is 1260. The van der Waals surface area contributed by atoms with Gasteiger partial charge in [0.1, 0.15) is 6.54 Å². The van der Waals surface area contributed by atoms with Gasteiger partial charge in [0.05, 0.1) is 0 Å². The van der Waals surface area contributed by atoms with E-state index in [1.807, 2.05) is 59.5 Å². The number of rotatable bonds is 6. The van der Waals surface area contributed by atoms with E-state index in [-0.39, 0.29) is 18.4 Å². The molecule has 2 heterocycles. The lowest BCUT2D eigenvalue weighted by Gasteiger charge is -2.08. The van der Waals surface area contributed by atoms with Crippen LogP contribution in [0.4, 0.5) is 11.4 Å². The highest BCUT2D eigenvalue weighted by Crippen LogP contribution is 2.19. The Morgan fingerprint density at radius 3 is 2.13 bits per heavy atom. The molecule has 4 aromatic rings. The van der Waals surface area contributed by atoms with Gasteiger partial charge in [-0.3, -0.25) is 14.3 Å². The van der Waals surface area contributed by atoms with Crippen molar-refractivity contribution in [1.82, 2.24) is 19.1 Å². The van der Waals surface area contributed by atoms with Crippen molar-refractivity contribution in [3.8, 4) is 11.4 Å². The molecule has 0 aliphatic rings. The van der Waals surface area contributed by atoms with Gasteiger partial charge in [-0.05, 0) is 48.6 Å². The summed E-state index contributed by atoms with van der Waals surface area (Å²) in [4.78, 5) is 23.8. The molecule has 4 rings (SSSR count). The number of hydrogen-bond donors (Lipinski definition) is 2. The monoisotopic (exact) mass is 432 g/mol. The number of amides is 2. The van der Waals surface area contributed by atoms with Gasteiger partial charge in [0.25, 0.3) is 0 Å². The molecule has 0 aliphatic carbocycles. The third-order valence-corrected chi connectivity index (χ3v) is 4.84. The second-order valence-corrected chi connectivity index (χ2v) is 7.18.